The number of hydrogen-bond donors (Lipinski definition) is 2. The fourth-order valence-electron chi connectivity index (χ4n) is 2.27. The third-order valence-electron chi connectivity index (χ3n) is 3.31. The second kappa shape index (κ2) is 5.79. The summed E-state index contributed by atoms with van der Waals surface area (Å²) in [6.07, 6.45) is 2.55. The molecule has 0 aliphatic carbocycles. The van der Waals surface area contributed by atoms with Crippen LogP contribution in [0.3, 0.4) is 0 Å². The molecule has 0 unspecified atom stereocenters. The van der Waals surface area contributed by atoms with E-state index in [0.717, 1.165) is 9.88 Å². The summed E-state index contributed by atoms with van der Waals surface area (Å²) in [6, 6.07) is 4.67. The molecule has 1 aliphatic heterocycles. The largest absolute Gasteiger partial charge is 0.326 e. The molecule has 0 spiro atoms. The van der Waals surface area contributed by atoms with E-state index in [1.165, 1.54) is 6.07 Å². The Morgan fingerprint density at radius 3 is 2.95 bits per heavy atom. The van der Waals surface area contributed by atoms with Crippen LogP contribution in [0.1, 0.15) is 15.4 Å². The van der Waals surface area contributed by atoms with E-state index in [-0.39, 0.29) is 17.2 Å². The van der Waals surface area contributed by atoms with Gasteiger partial charge in [0.2, 0.25) is 15.9 Å². The van der Waals surface area contributed by atoms with Crippen LogP contribution >= 0.6 is 11.3 Å². The molecule has 0 bridgehead atoms. The Kier molecular flexibility index (Phi) is 3.98. The summed E-state index contributed by atoms with van der Waals surface area (Å²) in [4.78, 5) is 16.8. The van der Waals surface area contributed by atoms with Crippen LogP contribution in [0.5, 0.6) is 0 Å². The van der Waals surface area contributed by atoms with Gasteiger partial charge in [-0.2, -0.15) is 0 Å². The summed E-state index contributed by atoms with van der Waals surface area (Å²) in [5, 5.41) is 3.59. The molecule has 2 N–H and O–H groups in total. The van der Waals surface area contributed by atoms with E-state index in [2.05, 4.69) is 15.0 Å². The highest BCUT2D eigenvalue weighted by atomic mass is 32.2. The van der Waals surface area contributed by atoms with Crippen LogP contribution in [-0.4, -0.2) is 25.9 Å². The SMILES string of the molecule is Cc1cnc(CCNS(=O)(=O)c2ccc3c(c2)CC(=O)N3)s1. The number of benzene rings is 1. The van der Waals surface area contributed by atoms with Crippen molar-refractivity contribution in [3.05, 3.63) is 39.8 Å². The minimum atomic E-state index is -3.57. The normalized spacial score (nSPS) is 14.0. The number of thiazole rings is 1. The number of carbonyl (C=O) groups excluding carboxylic acids is 1. The number of aromatic nitrogens is 1. The lowest BCUT2D eigenvalue weighted by Crippen LogP contribution is -2.26. The van der Waals surface area contributed by atoms with Crippen molar-refractivity contribution in [1.29, 1.82) is 0 Å². The van der Waals surface area contributed by atoms with Crippen LogP contribution in [0.25, 0.3) is 0 Å². The van der Waals surface area contributed by atoms with Gasteiger partial charge in [0, 0.05) is 29.7 Å². The average Bonchev–Trinajstić information content (AvgIpc) is 3.02. The van der Waals surface area contributed by atoms with Gasteiger partial charge in [0.15, 0.2) is 0 Å². The fraction of sp³-hybridized carbons (Fsp3) is 0.286. The van der Waals surface area contributed by atoms with Crippen molar-refractivity contribution < 1.29 is 13.2 Å². The van der Waals surface area contributed by atoms with E-state index in [0.29, 0.717) is 24.2 Å². The Labute approximate surface area is 132 Å². The van der Waals surface area contributed by atoms with Crippen LogP contribution in [-0.2, 0) is 27.7 Å². The molecule has 1 aromatic heterocycles. The molecule has 2 heterocycles. The van der Waals surface area contributed by atoms with E-state index >= 15 is 0 Å². The van der Waals surface area contributed by atoms with Crippen LogP contribution in [0, 0.1) is 6.92 Å². The Hall–Kier alpha value is -1.77. The standard InChI is InChI=1S/C14H15N3O3S2/c1-9-8-15-14(21-9)4-5-16-22(19,20)11-2-3-12-10(6-11)7-13(18)17-12/h2-3,6,8,16H,4-5,7H2,1H3,(H,17,18). The smallest absolute Gasteiger partial charge is 0.240 e. The van der Waals surface area contributed by atoms with Crippen molar-refractivity contribution in [2.24, 2.45) is 0 Å². The molecule has 0 saturated carbocycles. The van der Waals surface area contributed by atoms with Gasteiger partial charge in [-0.15, -0.1) is 11.3 Å². The molecule has 3 rings (SSSR count). The molecule has 0 atom stereocenters. The molecule has 0 fully saturated rings. The molecule has 0 radical (unpaired) electrons. The second-order valence-electron chi connectivity index (χ2n) is 5.06. The Morgan fingerprint density at radius 2 is 2.23 bits per heavy atom. The van der Waals surface area contributed by atoms with Gasteiger partial charge >= 0.3 is 0 Å². The van der Waals surface area contributed by atoms with Gasteiger partial charge in [0.25, 0.3) is 0 Å². The first-order valence-electron chi connectivity index (χ1n) is 6.78. The molecule has 8 heteroatoms. The number of nitrogens with zero attached hydrogens (tertiary/aromatic N) is 1. The highest BCUT2D eigenvalue weighted by Crippen LogP contribution is 2.25. The van der Waals surface area contributed by atoms with Crippen molar-refractivity contribution in [2.75, 3.05) is 11.9 Å². The summed E-state index contributed by atoms with van der Waals surface area (Å²) in [6.45, 7) is 2.26. The number of rotatable bonds is 5. The first-order chi connectivity index (χ1) is 10.4. The van der Waals surface area contributed by atoms with Crippen molar-refractivity contribution in [3.63, 3.8) is 0 Å². The van der Waals surface area contributed by atoms with E-state index in [1.807, 2.05) is 6.92 Å². The monoisotopic (exact) mass is 337 g/mol. The van der Waals surface area contributed by atoms with Crippen LogP contribution in [0.15, 0.2) is 29.3 Å². The third kappa shape index (κ3) is 3.18. The third-order valence-corrected chi connectivity index (χ3v) is 5.74. The first kappa shape index (κ1) is 15.1. The van der Waals surface area contributed by atoms with Gasteiger partial charge in [0.05, 0.1) is 16.3 Å². The maximum absolute atomic E-state index is 12.3. The van der Waals surface area contributed by atoms with E-state index < -0.39 is 10.0 Å². The van der Waals surface area contributed by atoms with E-state index in [9.17, 15) is 13.2 Å². The number of hydrogen-bond acceptors (Lipinski definition) is 5. The van der Waals surface area contributed by atoms with Gasteiger partial charge in [-0.3, -0.25) is 4.79 Å². The molecule has 1 aliphatic rings. The Bertz CT molecular complexity index is 828. The number of nitrogens with one attached hydrogen (secondary N) is 2. The predicted molar refractivity (Wildman–Crippen MR) is 84.5 cm³/mol. The van der Waals surface area contributed by atoms with Crippen molar-refractivity contribution in [2.45, 2.75) is 24.7 Å². The molecule has 116 valence electrons. The number of aryl methyl sites for hydroxylation is 1. The first-order valence-corrected chi connectivity index (χ1v) is 9.08. The van der Waals surface area contributed by atoms with Crippen LogP contribution in [0.2, 0.25) is 0 Å². The Morgan fingerprint density at radius 1 is 1.41 bits per heavy atom. The molecule has 1 aromatic carbocycles. The number of carbonyl (C=O) groups is 1. The fourth-order valence-corrected chi connectivity index (χ4v) is 4.13. The summed E-state index contributed by atoms with van der Waals surface area (Å²) in [7, 11) is -3.57. The number of amides is 1. The molecule has 22 heavy (non-hydrogen) atoms. The summed E-state index contributed by atoms with van der Waals surface area (Å²) in [5.41, 5.74) is 1.39. The van der Waals surface area contributed by atoms with Crippen molar-refractivity contribution in [1.82, 2.24) is 9.71 Å². The summed E-state index contributed by atoms with van der Waals surface area (Å²) >= 11 is 1.56. The van der Waals surface area contributed by atoms with Crippen molar-refractivity contribution in [3.8, 4) is 0 Å². The molecule has 2 aromatic rings. The van der Waals surface area contributed by atoms with Gasteiger partial charge in [-0.1, -0.05) is 0 Å². The molecule has 1 amide bonds. The van der Waals surface area contributed by atoms with Crippen LogP contribution < -0.4 is 10.0 Å². The zero-order valence-electron chi connectivity index (χ0n) is 11.9. The maximum Gasteiger partial charge on any atom is 0.240 e. The quantitative estimate of drug-likeness (QED) is 0.865. The highest BCUT2D eigenvalue weighted by Gasteiger charge is 2.21. The topological polar surface area (TPSA) is 88.2 Å². The van der Waals surface area contributed by atoms with Gasteiger partial charge in [-0.25, -0.2) is 18.1 Å². The predicted octanol–water partition coefficient (Wildman–Crippen LogP) is 1.47. The lowest BCUT2D eigenvalue weighted by atomic mass is 10.2. The molecular weight excluding hydrogens is 322 g/mol. The summed E-state index contributed by atoms with van der Waals surface area (Å²) < 4.78 is 27.1. The number of sulfonamides is 1. The van der Waals surface area contributed by atoms with Gasteiger partial charge in [-0.05, 0) is 30.7 Å². The average molecular weight is 337 g/mol. The second-order valence-corrected chi connectivity index (χ2v) is 8.14. The van der Waals surface area contributed by atoms with Crippen LogP contribution in [0.4, 0.5) is 5.69 Å². The zero-order chi connectivity index (χ0) is 15.7. The van der Waals surface area contributed by atoms with Crippen molar-refractivity contribution >= 4 is 33.0 Å². The highest BCUT2D eigenvalue weighted by molar-refractivity contribution is 7.89. The number of fused-ring (bicyclic) bond motifs is 1. The molecule has 0 saturated heterocycles. The molecule has 6 nitrogen and oxygen atoms in total. The lowest BCUT2D eigenvalue weighted by molar-refractivity contribution is -0.115. The number of anilines is 1. The molecular formula is C14H15N3O3S2. The minimum Gasteiger partial charge on any atom is -0.326 e. The zero-order valence-corrected chi connectivity index (χ0v) is 13.6. The lowest BCUT2D eigenvalue weighted by Gasteiger charge is -2.07. The van der Waals surface area contributed by atoms with Gasteiger partial charge < -0.3 is 5.32 Å². The van der Waals surface area contributed by atoms with Gasteiger partial charge in [0.1, 0.15) is 0 Å². The maximum atomic E-state index is 12.3. The Balaban J connectivity index is 1.68. The summed E-state index contributed by atoms with van der Waals surface area (Å²) in [5.74, 6) is -0.114. The minimum absolute atomic E-state index is 0.114. The van der Waals surface area contributed by atoms with E-state index in [1.54, 1.807) is 29.7 Å². The van der Waals surface area contributed by atoms with E-state index in [4.69, 9.17) is 0 Å².